The first-order valence-electron chi connectivity index (χ1n) is 7.30. The van der Waals surface area contributed by atoms with Crippen molar-refractivity contribution in [1.29, 1.82) is 0 Å². The highest BCUT2D eigenvalue weighted by molar-refractivity contribution is 5.92. The molecular weight excluding hydrogens is 256 g/mol. The number of amides is 1. The first-order chi connectivity index (χ1) is 9.83. The van der Waals surface area contributed by atoms with E-state index in [4.69, 9.17) is 4.74 Å². The molecule has 0 saturated carbocycles. The summed E-state index contributed by atoms with van der Waals surface area (Å²) in [4.78, 5) is 22.4. The van der Waals surface area contributed by atoms with Crippen LogP contribution < -0.4 is 5.32 Å². The number of carbonyl (C=O) groups is 1. The van der Waals surface area contributed by atoms with Gasteiger partial charge in [0.15, 0.2) is 0 Å². The zero-order chi connectivity index (χ0) is 13.8. The number of aromatic nitrogens is 2. The van der Waals surface area contributed by atoms with Crippen molar-refractivity contribution in [3.05, 3.63) is 18.1 Å². The molecule has 1 N–H and O–H groups in total. The Morgan fingerprint density at radius 2 is 2.15 bits per heavy atom. The number of rotatable bonds is 4. The topological polar surface area (TPSA) is 67.3 Å². The quantitative estimate of drug-likeness (QED) is 0.898. The van der Waals surface area contributed by atoms with Gasteiger partial charge < -0.3 is 15.0 Å². The van der Waals surface area contributed by atoms with Gasteiger partial charge in [-0.1, -0.05) is 0 Å². The molecule has 2 aliphatic heterocycles. The minimum absolute atomic E-state index is 0.0133. The lowest BCUT2D eigenvalue weighted by Crippen LogP contribution is -2.28. The van der Waals surface area contributed by atoms with Gasteiger partial charge in [0.25, 0.3) is 5.91 Å². The third kappa shape index (κ3) is 3.07. The number of nitrogens with zero attached hydrogens (tertiary/aromatic N) is 3. The van der Waals surface area contributed by atoms with Crippen LogP contribution >= 0.6 is 0 Å². The predicted molar refractivity (Wildman–Crippen MR) is 74.6 cm³/mol. The van der Waals surface area contributed by atoms with Crippen LogP contribution in [0.4, 0.5) is 5.82 Å². The highest BCUT2D eigenvalue weighted by atomic mass is 16.5. The average Bonchev–Trinajstić information content (AvgIpc) is 3.18. The fourth-order valence-corrected chi connectivity index (χ4v) is 2.64. The van der Waals surface area contributed by atoms with Gasteiger partial charge >= 0.3 is 0 Å². The van der Waals surface area contributed by atoms with E-state index in [1.807, 2.05) is 4.90 Å². The SMILES string of the molecule is O=C(c1cnc(NCC2CCCO2)cn1)N1CCCC1. The van der Waals surface area contributed by atoms with Crippen LogP contribution in [0.5, 0.6) is 0 Å². The average molecular weight is 276 g/mol. The first-order valence-corrected chi connectivity index (χ1v) is 7.30. The van der Waals surface area contributed by atoms with Gasteiger partial charge in [0.1, 0.15) is 11.5 Å². The Bertz CT molecular complexity index is 451. The standard InChI is InChI=1S/C14H20N4O2/c19-14(18-5-1-2-6-18)12-9-17-13(10-15-12)16-8-11-4-3-7-20-11/h9-11H,1-8H2,(H,16,17). The molecule has 3 rings (SSSR count). The van der Waals surface area contributed by atoms with Gasteiger partial charge in [0, 0.05) is 26.2 Å². The van der Waals surface area contributed by atoms with Gasteiger partial charge in [0.2, 0.25) is 0 Å². The number of ether oxygens (including phenoxy) is 1. The van der Waals surface area contributed by atoms with Gasteiger partial charge in [-0.15, -0.1) is 0 Å². The monoisotopic (exact) mass is 276 g/mol. The molecule has 0 radical (unpaired) electrons. The van der Waals surface area contributed by atoms with Crippen LogP contribution in [0.15, 0.2) is 12.4 Å². The Morgan fingerprint density at radius 3 is 2.80 bits per heavy atom. The molecule has 1 aromatic rings. The molecule has 20 heavy (non-hydrogen) atoms. The number of nitrogens with one attached hydrogen (secondary N) is 1. The van der Waals surface area contributed by atoms with Crippen LogP contribution in [0, 0.1) is 0 Å². The highest BCUT2D eigenvalue weighted by Crippen LogP contribution is 2.14. The molecule has 6 nitrogen and oxygen atoms in total. The van der Waals surface area contributed by atoms with E-state index in [1.165, 1.54) is 0 Å². The zero-order valence-electron chi connectivity index (χ0n) is 11.5. The Kier molecular flexibility index (Phi) is 4.11. The van der Waals surface area contributed by atoms with E-state index in [2.05, 4.69) is 15.3 Å². The maximum absolute atomic E-state index is 12.1. The number of likely N-dealkylation sites (tertiary alicyclic amines) is 1. The Labute approximate surface area is 118 Å². The summed E-state index contributed by atoms with van der Waals surface area (Å²) in [5, 5.41) is 3.20. The smallest absolute Gasteiger partial charge is 0.274 e. The van der Waals surface area contributed by atoms with Crippen molar-refractivity contribution in [2.45, 2.75) is 31.8 Å². The second-order valence-corrected chi connectivity index (χ2v) is 5.30. The van der Waals surface area contributed by atoms with Gasteiger partial charge in [-0.3, -0.25) is 4.79 Å². The second-order valence-electron chi connectivity index (χ2n) is 5.30. The first kappa shape index (κ1) is 13.3. The van der Waals surface area contributed by atoms with Gasteiger partial charge in [0.05, 0.1) is 18.5 Å². The summed E-state index contributed by atoms with van der Waals surface area (Å²) in [7, 11) is 0. The van der Waals surface area contributed by atoms with Gasteiger partial charge in [-0.05, 0) is 25.7 Å². The second kappa shape index (κ2) is 6.17. The number of carbonyl (C=O) groups excluding carboxylic acids is 1. The highest BCUT2D eigenvalue weighted by Gasteiger charge is 2.21. The van der Waals surface area contributed by atoms with Crippen molar-refractivity contribution in [2.24, 2.45) is 0 Å². The summed E-state index contributed by atoms with van der Waals surface area (Å²) in [5.74, 6) is 0.680. The zero-order valence-corrected chi connectivity index (χ0v) is 11.5. The molecule has 0 aromatic carbocycles. The van der Waals surface area contributed by atoms with Gasteiger partial charge in [-0.2, -0.15) is 0 Å². The normalized spacial score (nSPS) is 22.2. The van der Waals surface area contributed by atoms with Crippen LogP contribution in [-0.4, -0.2) is 53.1 Å². The summed E-state index contributed by atoms with van der Waals surface area (Å²) >= 11 is 0. The summed E-state index contributed by atoms with van der Waals surface area (Å²) in [5.41, 5.74) is 0.426. The van der Waals surface area contributed by atoms with E-state index in [0.717, 1.165) is 51.9 Å². The lowest BCUT2D eigenvalue weighted by Gasteiger charge is -2.14. The third-order valence-electron chi connectivity index (χ3n) is 3.80. The van der Waals surface area contributed by atoms with Crippen molar-refractivity contribution in [3.63, 3.8) is 0 Å². The van der Waals surface area contributed by atoms with Crippen molar-refractivity contribution in [3.8, 4) is 0 Å². The molecule has 0 bridgehead atoms. The van der Waals surface area contributed by atoms with Crippen LogP contribution in [0.3, 0.4) is 0 Å². The fraction of sp³-hybridized carbons (Fsp3) is 0.643. The van der Waals surface area contributed by atoms with E-state index < -0.39 is 0 Å². The van der Waals surface area contributed by atoms with Gasteiger partial charge in [-0.25, -0.2) is 9.97 Å². The lowest BCUT2D eigenvalue weighted by atomic mass is 10.2. The minimum Gasteiger partial charge on any atom is -0.376 e. The molecule has 2 fully saturated rings. The molecule has 1 atom stereocenters. The minimum atomic E-state index is -0.0133. The molecule has 2 saturated heterocycles. The molecular formula is C14H20N4O2. The maximum atomic E-state index is 12.1. The van der Waals surface area contributed by atoms with Crippen molar-refractivity contribution < 1.29 is 9.53 Å². The maximum Gasteiger partial charge on any atom is 0.274 e. The van der Waals surface area contributed by atoms with Crippen LogP contribution in [-0.2, 0) is 4.74 Å². The largest absolute Gasteiger partial charge is 0.376 e. The van der Waals surface area contributed by atoms with E-state index in [-0.39, 0.29) is 12.0 Å². The Hall–Kier alpha value is -1.69. The van der Waals surface area contributed by atoms with Crippen LogP contribution in [0.25, 0.3) is 0 Å². The number of hydrogen-bond donors (Lipinski definition) is 1. The number of hydrogen-bond acceptors (Lipinski definition) is 5. The Morgan fingerprint density at radius 1 is 1.30 bits per heavy atom. The van der Waals surface area contributed by atoms with E-state index in [0.29, 0.717) is 11.5 Å². The van der Waals surface area contributed by atoms with E-state index >= 15 is 0 Å². The molecule has 0 spiro atoms. The lowest BCUT2D eigenvalue weighted by molar-refractivity contribution is 0.0786. The molecule has 1 amide bonds. The number of anilines is 1. The molecule has 3 heterocycles. The van der Waals surface area contributed by atoms with Crippen molar-refractivity contribution in [2.75, 3.05) is 31.6 Å². The van der Waals surface area contributed by atoms with Crippen LogP contribution in [0.2, 0.25) is 0 Å². The molecule has 0 aliphatic carbocycles. The Balaban J connectivity index is 1.54. The predicted octanol–water partition coefficient (Wildman–Crippen LogP) is 1.30. The molecule has 1 aromatic heterocycles. The summed E-state index contributed by atoms with van der Waals surface area (Å²) in [6.45, 7) is 3.26. The van der Waals surface area contributed by atoms with Crippen molar-refractivity contribution >= 4 is 11.7 Å². The third-order valence-corrected chi connectivity index (χ3v) is 3.80. The van der Waals surface area contributed by atoms with E-state index in [1.54, 1.807) is 12.4 Å². The fourth-order valence-electron chi connectivity index (χ4n) is 2.64. The van der Waals surface area contributed by atoms with Crippen molar-refractivity contribution in [1.82, 2.24) is 14.9 Å². The summed E-state index contributed by atoms with van der Waals surface area (Å²) < 4.78 is 5.53. The summed E-state index contributed by atoms with van der Waals surface area (Å²) in [6.07, 6.45) is 7.83. The molecule has 6 heteroatoms. The molecule has 1 unspecified atom stereocenters. The van der Waals surface area contributed by atoms with E-state index in [9.17, 15) is 4.79 Å². The summed E-state index contributed by atoms with van der Waals surface area (Å²) in [6, 6.07) is 0. The molecule has 108 valence electrons. The van der Waals surface area contributed by atoms with Crippen LogP contribution in [0.1, 0.15) is 36.2 Å². The molecule has 2 aliphatic rings.